The minimum absolute atomic E-state index is 0.0572. The van der Waals surface area contributed by atoms with Crippen LogP contribution in [0.1, 0.15) is 43.5 Å². The molecular weight excluding hydrogens is 360 g/mol. The standard InChI is InChI=1S/C17H21ClN4O2S/c1-11-8-17(9-14(19-11)15-10-22(2)21-20-15)5-6-25(23,24)16-7-12(18)3-4-13(16)17/h3-4,7,10-11,14,19H,5-6,8-9H2,1-2H3/t11-,14-,17?/m0/s1. The molecule has 3 atom stereocenters. The molecule has 2 aliphatic rings. The van der Waals surface area contributed by atoms with Crippen molar-refractivity contribution in [3.8, 4) is 0 Å². The quantitative estimate of drug-likeness (QED) is 0.822. The van der Waals surface area contributed by atoms with E-state index >= 15 is 0 Å². The minimum Gasteiger partial charge on any atom is -0.306 e. The molecule has 0 aliphatic carbocycles. The van der Waals surface area contributed by atoms with E-state index in [2.05, 4.69) is 22.6 Å². The lowest BCUT2D eigenvalue weighted by molar-refractivity contribution is 0.196. The number of aromatic nitrogens is 3. The third-order valence-corrected chi connectivity index (χ3v) is 7.44. The van der Waals surface area contributed by atoms with Crippen LogP contribution in [0, 0.1) is 0 Å². The van der Waals surface area contributed by atoms with Crippen LogP contribution in [0.2, 0.25) is 5.02 Å². The number of benzene rings is 1. The largest absolute Gasteiger partial charge is 0.306 e. The highest BCUT2D eigenvalue weighted by atomic mass is 35.5. The lowest BCUT2D eigenvalue weighted by Gasteiger charge is -2.47. The van der Waals surface area contributed by atoms with E-state index in [4.69, 9.17) is 11.6 Å². The number of piperidine rings is 1. The summed E-state index contributed by atoms with van der Waals surface area (Å²) in [6, 6.07) is 5.62. The van der Waals surface area contributed by atoms with Crippen molar-refractivity contribution in [3.05, 3.63) is 40.7 Å². The molecule has 1 spiro atoms. The van der Waals surface area contributed by atoms with Crippen molar-refractivity contribution in [2.75, 3.05) is 5.75 Å². The maximum absolute atomic E-state index is 12.6. The zero-order chi connectivity index (χ0) is 17.8. The van der Waals surface area contributed by atoms with Crippen LogP contribution >= 0.6 is 11.6 Å². The van der Waals surface area contributed by atoms with Gasteiger partial charge in [-0.15, -0.1) is 5.10 Å². The van der Waals surface area contributed by atoms with E-state index < -0.39 is 9.84 Å². The molecule has 4 rings (SSSR count). The molecule has 1 unspecified atom stereocenters. The van der Waals surface area contributed by atoms with E-state index in [0.29, 0.717) is 16.3 Å². The summed E-state index contributed by atoms with van der Waals surface area (Å²) >= 11 is 6.09. The highest BCUT2D eigenvalue weighted by Gasteiger charge is 2.47. The molecule has 2 aliphatic heterocycles. The molecule has 2 aromatic rings. The molecule has 0 bridgehead atoms. The highest BCUT2D eigenvalue weighted by molar-refractivity contribution is 7.91. The predicted molar refractivity (Wildman–Crippen MR) is 95.4 cm³/mol. The van der Waals surface area contributed by atoms with Gasteiger partial charge in [-0.2, -0.15) is 0 Å². The molecule has 25 heavy (non-hydrogen) atoms. The Morgan fingerprint density at radius 2 is 2.16 bits per heavy atom. The van der Waals surface area contributed by atoms with E-state index in [1.54, 1.807) is 16.8 Å². The van der Waals surface area contributed by atoms with Gasteiger partial charge in [-0.25, -0.2) is 8.42 Å². The van der Waals surface area contributed by atoms with Gasteiger partial charge in [0.2, 0.25) is 0 Å². The Hall–Kier alpha value is -1.44. The highest BCUT2D eigenvalue weighted by Crippen LogP contribution is 2.49. The van der Waals surface area contributed by atoms with Gasteiger partial charge >= 0.3 is 0 Å². The second-order valence-corrected chi connectivity index (χ2v) is 9.85. The summed E-state index contributed by atoms with van der Waals surface area (Å²) in [4.78, 5) is 0.401. The van der Waals surface area contributed by atoms with Gasteiger partial charge in [-0.3, -0.25) is 4.68 Å². The average Bonchev–Trinajstić information content (AvgIpc) is 2.98. The molecule has 8 heteroatoms. The fourth-order valence-corrected chi connectivity index (χ4v) is 6.47. The Kier molecular flexibility index (Phi) is 3.94. The van der Waals surface area contributed by atoms with Crippen LogP contribution in [0.4, 0.5) is 0 Å². The van der Waals surface area contributed by atoms with Gasteiger partial charge in [0.1, 0.15) is 0 Å². The Morgan fingerprint density at radius 3 is 2.88 bits per heavy atom. The number of fused-ring (bicyclic) bond motifs is 2. The third kappa shape index (κ3) is 2.88. The number of nitrogens with one attached hydrogen (secondary N) is 1. The summed E-state index contributed by atoms with van der Waals surface area (Å²) in [5.74, 6) is 0.167. The lowest BCUT2D eigenvalue weighted by Crippen LogP contribution is -2.49. The van der Waals surface area contributed by atoms with Gasteiger partial charge in [0.25, 0.3) is 0 Å². The smallest absolute Gasteiger partial charge is 0.178 e. The monoisotopic (exact) mass is 380 g/mol. The van der Waals surface area contributed by atoms with E-state index in [1.807, 2.05) is 19.3 Å². The maximum Gasteiger partial charge on any atom is 0.178 e. The van der Waals surface area contributed by atoms with Gasteiger partial charge < -0.3 is 5.32 Å². The molecular formula is C17H21ClN4O2S. The normalized spacial score (nSPS) is 31.0. The summed E-state index contributed by atoms with van der Waals surface area (Å²) in [5, 5.41) is 12.4. The molecule has 134 valence electrons. The van der Waals surface area contributed by atoms with Crippen LogP contribution in [-0.2, 0) is 22.3 Å². The number of nitrogens with zero attached hydrogens (tertiary/aromatic N) is 3. The molecule has 0 amide bonds. The second kappa shape index (κ2) is 5.79. The summed E-state index contributed by atoms with van der Waals surface area (Å²) < 4.78 is 26.9. The van der Waals surface area contributed by atoms with Crippen LogP contribution in [0.5, 0.6) is 0 Å². The van der Waals surface area contributed by atoms with Gasteiger partial charge in [0, 0.05) is 29.7 Å². The van der Waals surface area contributed by atoms with Crippen molar-refractivity contribution in [2.24, 2.45) is 7.05 Å². The fraction of sp³-hybridized carbons (Fsp3) is 0.529. The number of halogens is 1. The number of sulfone groups is 1. The molecule has 0 saturated carbocycles. The summed E-state index contributed by atoms with van der Waals surface area (Å²) in [6.45, 7) is 2.14. The first kappa shape index (κ1) is 17.0. The summed E-state index contributed by atoms with van der Waals surface area (Å²) in [6.07, 6.45) is 4.26. The first-order valence-electron chi connectivity index (χ1n) is 8.44. The molecule has 0 radical (unpaired) electrons. The van der Waals surface area contributed by atoms with Crippen molar-refractivity contribution < 1.29 is 8.42 Å². The van der Waals surface area contributed by atoms with Crippen LogP contribution in [0.25, 0.3) is 0 Å². The molecule has 1 saturated heterocycles. The zero-order valence-electron chi connectivity index (χ0n) is 14.2. The van der Waals surface area contributed by atoms with Crippen LogP contribution < -0.4 is 5.32 Å². The average molecular weight is 381 g/mol. The summed E-state index contributed by atoms with van der Waals surface area (Å²) in [5.41, 5.74) is 1.63. The van der Waals surface area contributed by atoms with E-state index in [1.165, 1.54) is 0 Å². The van der Waals surface area contributed by atoms with Gasteiger partial charge in [-0.05, 0) is 43.9 Å². The van der Waals surface area contributed by atoms with Gasteiger partial charge in [0.05, 0.1) is 22.4 Å². The second-order valence-electron chi connectivity index (χ2n) is 7.34. The fourth-order valence-electron chi connectivity index (χ4n) is 4.43. The summed E-state index contributed by atoms with van der Waals surface area (Å²) in [7, 11) is -1.42. The van der Waals surface area contributed by atoms with Crippen LogP contribution in [0.15, 0.2) is 29.3 Å². The number of rotatable bonds is 1. The Balaban J connectivity index is 1.81. The lowest BCUT2D eigenvalue weighted by atomic mass is 9.66. The number of aryl methyl sites for hydroxylation is 1. The van der Waals surface area contributed by atoms with Crippen LogP contribution in [0.3, 0.4) is 0 Å². The molecule has 1 aromatic carbocycles. The predicted octanol–water partition coefficient (Wildman–Crippen LogP) is 2.40. The topological polar surface area (TPSA) is 76.9 Å². The molecule has 1 N–H and O–H groups in total. The third-order valence-electron chi connectivity index (χ3n) is 5.45. The van der Waals surface area contributed by atoms with Gasteiger partial charge in [-0.1, -0.05) is 22.9 Å². The first-order valence-corrected chi connectivity index (χ1v) is 10.5. The first-order chi connectivity index (χ1) is 11.8. The van der Waals surface area contributed by atoms with Crippen molar-refractivity contribution in [2.45, 2.75) is 48.6 Å². The van der Waals surface area contributed by atoms with Crippen molar-refractivity contribution in [1.82, 2.24) is 20.3 Å². The Morgan fingerprint density at radius 1 is 1.36 bits per heavy atom. The molecule has 1 aromatic heterocycles. The van der Waals surface area contributed by atoms with Crippen molar-refractivity contribution in [3.63, 3.8) is 0 Å². The Labute approximate surface area is 152 Å². The van der Waals surface area contributed by atoms with Crippen molar-refractivity contribution in [1.29, 1.82) is 0 Å². The molecule has 1 fully saturated rings. The minimum atomic E-state index is -3.27. The van der Waals surface area contributed by atoms with Gasteiger partial charge in [0.15, 0.2) is 9.84 Å². The Bertz CT molecular complexity index is 926. The van der Waals surface area contributed by atoms with E-state index in [9.17, 15) is 8.42 Å². The maximum atomic E-state index is 12.6. The molecule has 3 heterocycles. The number of hydrogen-bond donors (Lipinski definition) is 1. The SMILES string of the molecule is C[C@H]1CC2(CCS(=O)(=O)c3cc(Cl)ccc32)C[C@@H](c2cn(C)nn2)N1. The van der Waals surface area contributed by atoms with Crippen molar-refractivity contribution >= 4 is 21.4 Å². The molecule has 6 nitrogen and oxygen atoms in total. The van der Waals surface area contributed by atoms with E-state index in [0.717, 1.165) is 24.1 Å². The van der Waals surface area contributed by atoms with Crippen LogP contribution in [-0.4, -0.2) is 35.2 Å². The zero-order valence-corrected chi connectivity index (χ0v) is 15.8. The van der Waals surface area contributed by atoms with E-state index in [-0.39, 0.29) is 23.3 Å². The number of hydrogen-bond acceptors (Lipinski definition) is 5.